The molecule has 2 aliphatic rings. The smallest absolute Gasteiger partial charge is 0.144 e. The molecular weight excluding hydrogens is 445 g/mol. The van der Waals surface area contributed by atoms with Crippen LogP contribution in [0, 0.1) is 17.7 Å². The predicted molar refractivity (Wildman–Crippen MR) is 131 cm³/mol. The maximum atomic E-state index is 13.2. The molecule has 1 unspecified atom stereocenters. The molecule has 2 bridgehead atoms. The normalized spacial score (nSPS) is 23.9. The van der Waals surface area contributed by atoms with Gasteiger partial charge in [-0.05, 0) is 94.0 Å². The average Bonchev–Trinajstić information content (AvgIpc) is 3.23. The van der Waals surface area contributed by atoms with Crippen LogP contribution in [0.4, 0.5) is 4.39 Å². The number of rotatable bonds is 4. The lowest BCUT2D eigenvalue weighted by Gasteiger charge is -2.17. The minimum absolute atomic E-state index is 0.255. The summed E-state index contributed by atoms with van der Waals surface area (Å²) in [6.07, 6.45) is 7.71. The molecular formula is C25H29ClFN3OS. The molecule has 4 nitrogen and oxygen atoms in total. The van der Waals surface area contributed by atoms with Crippen LogP contribution in [0.2, 0.25) is 0 Å². The van der Waals surface area contributed by atoms with Crippen LogP contribution in [0.25, 0.3) is 17.3 Å². The number of nitrogens with zero attached hydrogens (tertiary/aromatic N) is 3. The Kier molecular flexibility index (Phi) is 6.55. The van der Waals surface area contributed by atoms with Gasteiger partial charge in [0.25, 0.3) is 0 Å². The van der Waals surface area contributed by atoms with Gasteiger partial charge >= 0.3 is 0 Å². The zero-order valence-electron chi connectivity index (χ0n) is 18.9. The van der Waals surface area contributed by atoms with E-state index in [0.717, 1.165) is 59.0 Å². The van der Waals surface area contributed by atoms with Gasteiger partial charge in [-0.15, -0.1) is 0 Å². The van der Waals surface area contributed by atoms with Crippen LogP contribution in [0.1, 0.15) is 52.1 Å². The van der Waals surface area contributed by atoms with Crippen LogP contribution in [0.15, 0.2) is 51.4 Å². The molecule has 170 valence electrons. The molecule has 3 atom stereocenters. The van der Waals surface area contributed by atoms with Crippen molar-refractivity contribution in [2.75, 3.05) is 0 Å². The van der Waals surface area contributed by atoms with E-state index in [4.69, 9.17) is 11.6 Å². The molecule has 0 aliphatic heterocycles. The van der Waals surface area contributed by atoms with E-state index in [-0.39, 0.29) is 16.5 Å². The first-order chi connectivity index (χ1) is 15.1. The molecule has 1 saturated carbocycles. The Labute approximate surface area is 196 Å². The summed E-state index contributed by atoms with van der Waals surface area (Å²) in [5.41, 5.74) is 4.83. The number of aromatic nitrogens is 2. The molecule has 0 radical (unpaired) electrons. The Hall–Kier alpha value is -2.05. The van der Waals surface area contributed by atoms with Crippen molar-refractivity contribution in [3.05, 3.63) is 58.5 Å². The standard InChI is InChI=1S/C25H29ClFN3OS/c1-25(2,3)32(31)29-24-18-5-6-19(24)14-22(26)17(13-18)9-12-21-15-23(30(4)28-21)16-7-10-20(27)11-8-16/h7-12,15,18-19H,5-6,13-14H2,1-4H3/b12-9+,29-24+/t18-,19+,32?/m0/s1. The predicted octanol–water partition coefficient (Wildman–Crippen LogP) is 6.46. The van der Waals surface area contributed by atoms with Gasteiger partial charge in [-0.25, -0.2) is 8.60 Å². The molecule has 2 aliphatic carbocycles. The Morgan fingerprint density at radius 1 is 1.16 bits per heavy atom. The third-order valence-corrected chi connectivity index (χ3v) is 7.97. The number of benzene rings is 1. The minimum atomic E-state index is -1.25. The third-order valence-electron chi connectivity index (χ3n) is 6.15. The molecule has 0 amide bonds. The number of halogens is 2. The van der Waals surface area contributed by atoms with Gasteiger partial charge in [-0.2, -0.15) is 9.50 Å². The van der Waals surface area contributed by atoms with Gasteiger partial charge in [0.15, 0.2) is 0 Å². The summed E-state index contributed by atoms with van der Waals surface area (Å²) in [5, 5.41) is 5.44. The van der Waals surface area contributed by atoms with Crippen LogP contribution in [-0.2, 0) is 18.0 Å². The second-order valence-electron chi connectivity index (χ2n) is 9.61. The summed E-state index contributed by atoms with van der Waals surface area (Å²) in [5.74, 6) is 0.319. The van der Waals surface area contributed by atoms with E-state index in [1.165, 1.54) is 12.1 Å². The molecule has 4 rings (SSSR count). The maximum absolute atomic E-state index is 13.2. The van der Waals surface area contributed by atoms with E-state index in [0.29, 0.717) is 5.92 Å². The van der Waals surface area contributed by atoms with Crippen molar-refractivity contribution in [2.45, 2.75) is 51.2 Å². The highest BCUT2D eigenvalue weighted by atomic mass is 35.5. The fourth-order valence-corrected chi connectivity index (χ4v) is 5.45. The lowest BCUT2D eigenvalue weighted by Crippen LogP contribution is -2.23. The number of allylic oxidation sites excluding steroid dienone is 3. The third kappa shape index (κ3) is 4.96. The maximum Gasteiger partial charge on any atom is 0.144 e. The summed E-state index contributed by atoms with van der Waals surface area (Å²) >= 11 is 6.72. The summed E-state index contributed by atoms with van der Waals surface area (Å²) < 4.78 is 32.0. The van der Waals surface area contributed by atoms with Gasteiger partial charge in [0.05, 0.1) is 16.1 Å². The fraction of sp³-hybridized carbons (Fsp3) is 0.440. The van der Waals surface area contributed by atoms with Gasteiger partial charge in [-0.1, -0.05) is 17.7 Å². The van der Waals surface area contributed by atoms with Crippen molar-refractivity contribution < 1.29 is 8.60 Å². The minimum Gasteiger partial charge on any atom is -0.267 e. The lowest BCUT2D eigenvalue weighted by molar-refractivity contribution is 0.602. The first kappa shape index (κ1) is 23.1. The van der Waals surface area contributed by atoms with E-state index in [2.05, 4.69) is 15.6 Å². The summed E-state index contributed by atoms with van der Waals surface area (Å²) in [6, 6.07) is 8.40. The van der Waals surface area contributed by atoms with Crippen molar-refractivity contribution in [1.82, 2.24) is 9.78 Å². The van der Waals surface area contributed by atoms with Crippen LogP contribution in [0.5, 0.6) is 0 Å². The summed E-state index contributed by atoms with van der Waals surface area (Å²) in [7, 11) is 0.632. The van der Waals surface area contributed by atoms with Gasteiger partial charge in [-0.3, -0.25) is 4.68 Å². The highest BCUT2D eigenvalue weighted by Crippen LogP contribution is 2.43. The van der Waals surface area contributed by atoms with Crippen LogP contribution >= 0.6 is 11.6 Å². The van der Waals surface area contributed by atoms with E-state index in [1.807, 2.05) is 40.0 Å². The molecule has 1 heterocycles. The van der Waals surface area contributed by atoms with Gasteiger partial charge in [0.2, 0.25) is 0 Å². The first-order valence-corrected chi connectivity index (χ1v) is 12.5. The van der Waals surface area contributed by atoms with Crippen molar-refractivity contribution in [3.63, 3.8) is 0 Å². The molecule has 1 aromatic heterocycles. The number of hydrogen-bond acceptors (Lipinski definition) is 2. The van der Waals surface area contributed by atoms with Crippen LogP contribution < -0.4 is 0 Å². The number of hydrogen-bond donors (Lipinski definition) is 0. The van der Waals surface area contributed by atoms with Gasteiger partial charge in [0.1, 0.15) is 16.8 Å². The van der Waals surface area contributed by atoms with Crippen molar-refractivity contribution >= 4 is 34.4 Å². The second-order valence-corrected chi connectivity index (χ2v) is 12.0. The van der Waals surface area contributed by atoms with E-state index in [9.17, 15) is 8.60 Å². The van der Waals surface area contributed by atoms with Crippen molar-refractivity contribution in [1.29, 1.82) is 0 Å². The van der Waals surface area contributed by atoms with Crippen LogP contribution in [0.3, 0.4) is 0 Å². The number of aryl methyl sites for hydroxylation is 1. The van der Waals surface area contributed by atoms with Gasteiger partial charge in [0, 0.05) is 29.6 Å². The monoisotopic (exact) mass is 473 g/mol. The molecule has 0 N–H and O–H groups in total. The topological polar surface area (TPSA) is 47.2 Å². The van der Waals surface area contributed by atoms with E-state index in [1.54, 1.807) is 16.8 Å². The zero-order chi connectivity index (χ0) is 23.0. The highest BCUT2D eigenvalue weighted by molar-refractivity contribution is 7.85. The largest absolute Gasteiger partial charge is 0.267 e. The molecule has 1 fully saturated rings. The molecule has 2 aromatic rings. The Morgan fingerprint density at radius 3 is 2.47 bits per heavy atom. The Bertz CT molecular complexity index is 1130. The van der Waals surface area contributed by atoms with Crippen LogP contribution in [-0.4, -0.2) is 24.4 Å². The van der Waals surface area contributed by atoms with Crippen molar-refractivity contribution in [2.24, 2.45) is 23.3 Å². The lowest BCUT2D eigenvalue weighted by atomic mass is 9.97. The Morgan fingerprint density at radius 2 is 1.81 bits per heavy atom. The molecule has 7 heteroatoms. The molecule has 32 heavy (non-hydrogen) atoms. The first-order valence-electron chi connectivity index (χ1n) is 11.0. The van der Waals surface area contributed by atoms with Gasteiger partial charge < -0.3 is 0 Å². The van der Waals surface area contributed by atoms with E-state index < -0.39 is 11.0 Å². The highest BCUT2D eigenvalue weighted by Gasteiger charge is 2.37. The quantitative estimate of drug-likeness (QED) is 0.511. The average molecular weight is 474 g/mol. The van der Waals surface area contributed by atoms with E-state index >= 15 is 0 Å². The molecule has 0 spiro atoms. The second kappa shape index (κ2) is 9.06. The summed E-state index contributed by atoms with van der Waals surface area (Å²) in [6.45, 7) is 5.87. The zero-order valence-corrected chi connectivity index (χ0v) is 20.5. The SMILES string of the molecule is Cn1nc(/C=C/C2=C(Cl)C[C@H]3CC[C@@H](C2)/C3=N\S(=O)C(C)(C)C)cc1-c1ccc(F)cc1. The fourth-order valence-electron chi connectivity index (χ4n) is 4.36. The number of fused-ring (bicyclic) bond motifs is 2. The molecule has 1 aromatic carbocycles. The summed E-state index contributed by atoms with van der Waals surface area (Å²) in [4.78, 5) is 0. The van der Waals surface area contributed by atoms with Crippen molar-refractivity contribution in [3.8, 4) is 11.3 Å². The Balaban J connectivity index is 1.55. The molecule has 0 saturated heterocycles.